The van der Waals surface area contributed by atoms with Crippen molar-refractivity contribution in [3.05, 3.63) is 205 Å². The van der Waals surface area contributed by atoms with Crippen LogP contribution in [0.1, 0.15) is 36.5 Å². The van der Waals surface area contributed by atoms with E-state index >= 15 is 0 Å². The third-order valence-corrected chi connectivity index (χ3v) is 9.48. The summed E-state index contributed by atoms with van der Waals surface area (Å²) in [7, 11) is 0. The van der Waals surface area contributed by atoms with Gasteiger partial charge in [-0.2, -0.15) is 0 Å². The molecule has 0 aliphatic carbocycles. The summed E-state index contributed by atoms with van der Waals surface area (Å²) in [5.74, 6) is 6.86. The van der Waals surface area contributed by atoms with Crippen LogP contribution < -0.4 is 0 Å². The highest BCUT2D eigenvalue weighted by Crippen LogP contribution is 2.36. The first-order valence-corrected chi connectivity index (χ1v) is 18.0. The maximum absolute atomic E-state index is 5.27. The third-order valence-electron chi connectivity index (χ3n) is 9.48. The highest BCUT2D eigenvalue weighted by atomic mass is 15.0. The van der Waals surface area contributed by atoms with Gasteiger partial charge in [0.2, 0.25) is 0 Å². The summed E-state index contributed by atoms with van der Waals surface area (Å²) in [6.45, 7) is 4.00. The van der Waals surface area contributed by atoms with E-state index in [1.165, 1.54) is 21.8 Å². The SMILES string of the molecule is C1#CC(c2ccccc2)C=C(c2cc(-c3ccccc3)cc(-c3ccc(-n4c5ccccc5c5ccccc54)cc3)c2)N=C1c1ccccc1.CC. The van der Waals surface area contributed by atoms with Crippen molar-refractivity contribution in [1.82, 2.24) is 4.57 Å². The van der Waals surface area contributed by atoms with Crippen molar-refractivity contribution in [2.24, 2.45) is 4.99 Å². The maximum atomic E-state index is 5.27. The first kappa shape index (κ1) is 32.5. The Balaban J connectivity index is 0.00000190. The summed E-state index contributed by atoms with van der Waals surface area (Å²) in [5, 5.41) is 2.52. The maximum Gasteiger partial charge on any atom is 0.121 e. The summed E-state index contributed by atoms with van der Waals surface area (Å²) in [5.41, 5.74) is 13.0. The molecule has 2 nitrogen and oxygen atoms in total. The fourth-order valence-electron chi connectivity index (χ4n) is 7.01. The van der Waals surface area contributed by atoms with Crippen molar-refractivity contribution in [3.8, 4) is 39.8 Å². The molecule has 52 heavy (non-hydrogen) atoms. The molecule has 0 fully saturated rings. The molecule has 0 radical (unpaired) electrons. The molecule has 1 unspecified atom stereocenters. The Hall–Kier alpha value is -6.69. The lowest BCUT2D eigenvalue weighted by Crippen LogP contribution is -1.98. The van der Waals surface area contributed by atoms with Crippen molar-refractivity contribution in [3.63, 3.8) is 0 Å². The number of allylic oxidation sites excluding steroid dienone is 1. The fraction of sp³-hybridized carbons (Fsp3) is 0.0600. The summed E-state index contributed by atoms with van der Waals surface area (Å²) in [6, 6.07) is 64.4. The number of para-hydroxylation sites is 2. The second-order valence-corrected chi connectivity index (χ2v) is 12.6. The summed E-state index contributed by atoms with van der Waals surface area (Å²) < 4.78 is 2.36. The third kappa shape index (κ3) is 6.37. The number of hydrogen-bond acceptors (Lipinski definition) is 1. The van der Waals surface area contributed by atoms with Gasteiger partial charge >= 0.3 is 0 Å². The van der Waals surface area contributed by atoms with Crippen LogP contribution in [0.5, 0.6) is 0 Å². The van der Waals surface area contributed by atoms with Gasteiger partial charge < -0.3 is 4.57 Å². The lowest BCUT2D eigenvalue weighted by molar-refractivity contribution is 1.13. The van der Waals surface area contributed by atoms with E-state index in [1.54, 1.807) is 0 Å². The number of aliphatic imine (C=N–C) groups is 1. The molecule has 0 saturated carbocycles. The highest BCUT2D eigenvalue weighted by Gasteiger charge is 2.17. The number of rotatable bonds is 6. The van der Waals surface area contributed by atoms with Gasteiger partial charge in [-0.3, -0.25) is 0 Å². The Kier molecular flexibility index (Phi) is 9.16. The first-order chi connectivity index (χ1) is 25.8. The quantitative estimate of drug-likeness (QED) is 0.157. The number of fused-ring (bicyclic) bond motifs is 3. The molecule has 0 spiro atoms. The van der Waals surface area contributed by atoms with Crippen LogP contribution in [0.3, 0.4) is 0 Å². The van der Waals surface area contributed by atoms with Gasteiger partial charge in [0.05, 0.1) is 22.6 Å². The van der Waals surface area contributed by atoms with Gasteiger partial charge in [-0.25, -0.2) is 4.99 Å². The Morgan fingerprint density at radius 2 is 0.942 bits per heavy atom. The lowest BCUT2D eigenvalue weighted by atomic mass is 9.93. The molecule has 1 aromatic heterocycles. The van der Waals surface area contributed by atoms with Crippen LogP contribution in [0.15, 0.2) is 193 Å². The molecule has 1 aliphatic heterocycles. The molecule has 0 N–H and O–H groups in total. The van der Waals surface area contributed by atoms with Crippen molar-refractivity contribution in [2.45, 2.75) is 19.8 Å². The van der Waals surface area contributed by atoms with E-state index in [-0.39, 0.29) is 5.92 Å². The predicted octanol–water partition coefficient (Wildman–Crippen LogP) is 12.8. The van der Waals surface area contributed by atoms with Crippen LogP contribution in [0.2, 0.25) is 0 Å². The summed E-state index contributed by atoms with van der Waals surface area (Å²) >= 11 is 0. The predicted molar refractivity (Wildman–Crippen MR) is 221 cm³/mol. The second-order valence-electron chi connectivity index (χ2n) is 12.6. The number of hydrogen-bond donors (Lipinski definition) is 0. The average Bonchev–Trinajstić information content (AvgIpc) is 3.39. The molecule has 0 bridgehead atoms. The molecular weight excluding hydrogens is 629 g/mol. The zero-order valence-corrected chi connectivity index (χ0v) is 29.4. The van der Waals surface area contributed by atoms with E-state index in [1.807, 2.05) is 38.1 Å². The zero-order chi connectivity index (χ0) is 35.3. The number of benzene rings is 7. The zero-order valence-electron chi connectivity index (χ0n) is 29.4. The van der Waals surface area contributed by atoms with Crippen LogP contribution in [0.4, 0.5) is 0 Å². The van der Waals surface area contributed by atoms with Crippen molar-refractivity contribution in [2.75, 3.05) is 0 Å². The van der Waals surface area contributed by atoms with E-state index in [4.69, 9.17) is 4.99 Å². The fourth-order valence-corrected chi connectivity index (χ4v) is 7.01. The van der Waals surface area contributed by atoms with Crippen LogP contribution in [0.25, 0.3) is 55.4 Å². The lowest BCUT2D eigenvalue weighted by Gasteiger charge is -2.14. The standard InChI is InChI=1S/C48H32N2.C2H6/c1-4-14-34(15-5-1)38-26-29-45(37-18-8-3-9-19-37)49-46(33-38)41-31-39(35-16-6-2-7-17-35)30-40(32-41)36-24-27-42(28-25-36)50-47-22-12-10-20-43(47)44-21-11-13-23-48(44)50;1-2/h1-25,27-28,30-33,38H;1-2H3. The van der Waals surface area contributed by atoms with E-state index in [2.05, 4.69) is 180 Å². The molecule has 2 heterocycles. The molecular formula is C50H38N2. The van der Waals surface area contributed by atoms with E-state index in [0.29, 0.717) is 0 Å². The van der Waals surface area contributed by atoms with E-state index < -0.39 is 0 Å². The monoisotopic (exact) mass is 666 g/mol. The van der Waals surface area contributed by atoms with Gasteiger partial charge in [-0.05, 0) is 82.3 Å². The minimum Gasteiger partial charge on any atom is -0.309 e. The molecule has 1 atom stereocenters. The highest BCUT2D eigenvalue weighted by molar-refractivity contribution is 6.15. The molecule has 248 valence electrons. The normalized spacial score (nSPS) is 13.6. The van der Waals surface area contributed by atoms with E-state index in [9.17, 15) is 0 Å². The van der Waals surface area contributed by atoms with Gasteiger partial charge in [0.15, 0.2) is 0 Å². The van der Waals surface area contributed by atoms with Crippen molar-refractivity contribution in [1.29, 1.82) is 0 Å². The smallest absolute Gasteiger partial charge is 0.121 e. The summed E-state index contributed by atoms with van der Waals surface area (Å²) in [6.07, 6.45) is 2.22. The number of nitrogens with zero attached hydrogens (tertiary/aromatic N) is 2. The Labute approximate surface area is 306 Å². The van der Waals surface area contributed by atoms with E-state index in [0.717, 1.165) is 56.0 Å². The molecule has 7 aromatic carbocycles. The minimum absolute atomic E-state index is 0.0921. The molecule has 9 rings (SSSR count). The number of aromatic nitrogens is 1. The van der Waals surface area contributed by atoms with Crippen LogP contribution in [-0.2, 0) is 0 Å². The minimum atomic E-state index is -0.0921. The van der Waals surface area contributed by atoms with Crippen molar-refractivity contribution < 1.29 is 0 Å². The molecule has 1 aliphatic rings. The average molecular weight is 667 g/mol. The molecule has 8 aromatic rings. The van der Waals surface area contributed by atoms with Gasteiger partial charge in [0, 0.05) is 27.6 Å². The molecule has 2 heteroatoms. The van der Waals surface area contributed by atoms with Crippen LogP contribution in [-0.4, -0.2) is 10.3 Å². The Bertz CT molecular complexity index is 2560. The van der Waals surface area contributed by atoms with Gasteiger partial charge in [-0.15, -0.1) is 0 Å². The Morgan fingerprint density at radius 1 is 0.462 bits per heavy atom. The summed E-state index contributed by atoms with van der Waals surface area (Å²) in [4.78, 5) is 5.27. The van der Waals surface area contributed by atoms with Crippen LogP contribution >= 0.6 is 0 Å². The second kappa shape index (κ2) is 14.7. The molecule has 0 amide bonds. The molecule has 0 saturated heterocycles. The van der Waals surface area contributed by atoms with Gasteiger partial charge in [0.1, 0.15) is 5.71 Å². The first-order valence-electron chi connectivity index (χ1n) is 18.0. The topological polar surface area (TPSA) is 17.3 Å². The largest absolute Gasteiger partial charge is 0.309 e. The Morgan fingerprint density at radius 3 is 1.54 bits per heavy atom. The van der Waals surface area contributed by atoms with Gasteiger partial charge in [0.25, 0.3) is 0 Å². The van der Waals surface area contributed by atoms with Gasteiger partial charge in [-0.1, -0.05) is 159 Å². The van der Waals surface area contributed by atoms with Crippen LogP contribution in [0, 0.1) is 11.8 Å². The van der Waals surface area contributed by atoms with Crippen molar-refractivity contribution >= 4 is 33.2 Å².